The molecule has 2 aromatic heterocycles. The van der Waals surface area contributed by atoms with Gasteiger partial charge in [0.05, 0.1) is 11.1 Å². The van der Waals surface area contributed by atoms with Gasteiger partial charge in [0, 0.05) is 19.3 Å². The summed E-state index contributed by atoms with van der Waals surface area (Å²) in [7, 11) is 0. The first-order valence-corrected chi connectivity index (χ1v) is 8.96. The molecule has 1 fully saturated rings. The predicted octanol–water partition coefficient (Wildman–Crippen LogP) is 3.30. The third-order valence-corrected chi connectivity index (χ3v) is 5.00. The number of aromatic nitrogens is 2. The Morgan fingerprint density at radius 3 is 2.54 bits per heavy atom. The van der Waals surface area contributed by atoms with Gasteiger partial charge < -0.3 is 10.2 Å². The molecule has 5 nitrogen and oxygen atoms in total. The predicted molar refractivity (Wildman–Crippen MR) is 92.3 cm³/mol. The van der Waals surface area contributed by atoms with Crippen molar-refractivity contribution in [3.05, 3.63) is 35.2 Å². The Balaban J connectivity index is 2.15. The number of nitrogens with zero attached hydrogens (tertiary/aromatic N) is 3. The maximum Gasteiger partial charge on any atom is 0.436 e. The van der Waals surface area contributed by atoms with Crippen molar-refractivity contribution in [1.82, 2.24) is 19.8 Å². The molecule has 8 heteroatoms. The molecule has 1 aliphatic rings. The van der Waals surface area contributed by atoms with Gasteiger partial charge >= 0.3 is 6.18 Å². The Hall–Kier alpha value is -2.09. The summed E-state index contributed by atoms with van der Waals surface area (Å²) in [5, 5.41) is 6.95. The molecule has 0 unspecified atom stereocenters. The zero-order valence-electron chi connectivity index (χ0n) is 14.9. The molecule has 0 radical (unpaired) electrons. The molecule has 0 aliphatic carbocycles. The van der Waals surface area contributed by atoms with E-state index in [0.717, 1.165) is 31.5 Å². The summed E-state index contributed by atoms with van der Waals surface area (Å²) in [6.07, 6.45) is -1.30. The largest absolute Gasteiger partial charge is 0.436 e. The number of fused-ring (bicyclic) bond motifs is 1. The molecular weight excluding hydrogens is 345 g/mol. The molecule has 3 heterocycles. The van der Waals surface area contributed by atoms with Gasteiger partial charge in [0.1, 0.15) is 0 Å². The molecule has 1 amide bonds. The summed E-state index contributed by atoms with van der Waals surface area (Å²) in [6.45, 7) is 5.96. The number of alkyl halides is 3. The van der Waals surface area contributed by atoms with Gasteiger partial charge in [-0.25, -0.2) is 4.52 Å². The average molecular weight is 368 g/mol. The molecule has 1 N–H and O–H groups in total. The minimum atomic E-state index is -4.68. The zero-order chi connectivity index (χ0) is 18.9. The van der Waals surface area contributed by atoms with Crippen LogP contribution < -0.4 is 5.32 Å². The van der Waals surface area contributed by atoms with E-state index in [1.807, 2.05) is 6.07 Å². The van der Waals surface area contributed by atoms with E-state index in [1.165, 1.54) is 15.6 Å². The third-order valence-electron chi connectivity index (χ3n) is 5.00. The standard InChI is InChI=1S/C18H23F3N4O/c1-3-24(4-2)17(26)15-14-11-13(12-5-8-22-9-6-12)7-10-25(14)23-16(15)18(19,20)21/h7,10-12,22H,3-6,8-9H2,1-2H3. The Kier molecular flexibility index (Phi) is 5.22. The SMILES string of the molecule is CCN(CC)C(=O)c1c(C(F)(F)F)nn2ccc(C3CCNCC3)cc12. The van der Waals surface area contributed by atoms with Crippen molar-refractivity contribution in [3.63, 3.8) is 0 Å². The number of rotatable bonds is 4. The van der Waals surface area contributed by atoms with Crippen LogP contribution in [0.4, 0.5) is 13.2 Å². The van der Waals surface area contributed by atoms with E-state index in [9.17, 15) is 18.0 Å². The van der Waals surface area contributed by atoms with Gasteiger partial charge in [-0.2, -0.15) is 18.3 Å². The molecule has 0 saturated carbocycles. The fourth-order valence-corrected chi connectivity index (χ4v) is 3.55. The first-order chi connectivity index (χ1) is 12.4. The number of halogens is 3. The van der Waals surface area contributed by atoms with E-state index < -0.39 is 17.8 Å². The highest BCUT2D eigenvalue weighted by molar-refractivity contribution is 6.02. The zero-order valence-corrected chi connectivity index (χ0v) is 14.9. The Labute approximate surface area is 150 Å². The van der Waals surface area contributed by atoms with Crippen molar-refractivity contribution < 1.29 is 18.0 Å². The lowest BCUT2D eigenvalue weighted by Gasteiger charge is -2.23. The van der Waals surface area contributed by atoms with Gasteiger partial charge in [0.2, 0.25) is 0 Å². The number of hydrogen-bond acceptors (Lipinski definition) is 3. The van der Waals surface area contributed by atoms with Gasteiger partial charge in [-0.15, -0.1) is 0 Å². The fourth-order valence-electron chi connectivity index (χ4n) is 3.55. The number of amides is 1. The second-order valence-corrected chi connectivity index (χ2v) is 6.51. The topological polar surface area (TPSA) is 49.6 Å². The maximum absolute atomic E-state index is 13.5. The number of piperidine rings is 1. The number of carbonyl (C=O) groups excluding carboxylic acids is 1. The summed E-state index contributed by atoms with van der Waals surface area (Å²) >= 11 is 0. The first kappa shape index (κ1) is 18.7. The van der Waals surface area contributed by atoms with E-state index in [4.69, 9.17) is 0 Å². The smallest absolute Gasteiger partial charge is 0.339 e. The molecular formula is C18H23F3N4O. The van der Waals surface area contributed by atoms with Crippen molar-refractivity contribution in [3.8, 4) is 0 Å². The molecule has 0 aromatic carbocycles. The van der Waals surface area contributed by atoms with Gasteiger partial charge in [0.25, 0.3) is 5.91 Å². The Morgan fingerprint density at radius 1 is 1.31 bits per heavy atom. The lowest BCUT2D eigenvalue weighted by molar-refractivity contribution is -0.141. The molecule has 26 heavy (non-hydrogen) atoms. The third kappa shape index (κ3) is 3.42. The van der Waals surface area contributed by atoms with Crippen molar-refractivity contribution >= 4 is 11.4 Å². The number of pyridine rings is 1. The Morgan fingerprint density at radius 2 is 1.96 bits per heavy atom. The van der Waals surface area contributed by atoms with Crippen LogP contribution in [-0.2, 0) is 6.18 Å². The van der Waals surface area contributed by atoms with E-state index >= 15 is 0 Å². The van der Waals surface area contributed by atoms with Gasteiger partial charge in [0.15, 0.2) is 5.69 Å². The minimum absolute atomic E-state index is 0.227. The normalized spacial score (nSPS) is 16.2. The van der Waals surface area contributed by atoms with Gasteiger partial charge in [-0.1, -0.05) is 0 Å². The monoisotopic (exact) mass is 368 g/mol. The highest BCUT2D eigenvalue weighted by atomic mass is 19.4. The molecule has 142 valence electrons. The van der Waals surface area contributed by atoms with Crippen LogP contribution in [0.3, 0.4) is 0 Å². The van der Waals surface area contributed by atoms with E-state index in [0.29, 0.717) is 13.1 Å². The van der Waals surface area contributed by atoms with Crippen molar-refractivity contribution in [2.24, 2.45) is 0 Å². The highest BCUT2D eigenvalue weighted by Crippen LogP contribution is 2.35. The average Bonchev–Trinajstić information content (AvgIpc) is 3.02. The second-order valence-electron chi connectivity index (χ2n) is 6.51. The molecule has 0 bridgehead atoms. The van der Waals surface area contributed by atoms with Crippen LogP contribution in [0.5, 0.6) is 0 Å². The number of carbonyl (C=O) groups is 1. The molecule has 0 atom stereocenters. The molecule has 1 aliphatic heterocycles. The van der Waals surface area contributed by atoms with Gasteiger partial charge in [-0.3, -0.25) is 4.79 Å². The van der Waals surface area contributed by atoms with Crippen LogP contribution in [0.1, 0.15) is 54.2 Å². The summed E-state index contributed by atoms with van der Waals surface area (Å²) in [6, 6.07) is 3.51. The lowest BCUT2D eigenvalue weighted by Crippen LogP contribution is -2.32. The van der Waals surface area contributed by atoms with Crippen molar-refractivity contribution in [1.29, 1.82) is 0 Å². The minimum Gasteiger partial charge on any atom is -0.339 e. The number of hydrogen-bond donors (Lipinski definition) is 1. The summed E-state index contributed by atoms with van der Waals surface area (Å²) in [4.78, 5) is 14.2. The van der Waals surface area contributed by atoms with Crippen LogP contribution in [0.2, 0.25) is 0 Å². The molecule has 0 spiro atoms. The van der Waals surface area contributed by atoms with Crippen molar-refractivity contribution in [2.45, 2.75) is 38.8 Å². The second kappa shape index (κ2) is 7.26. The summed E-state index contributed by atoms with van der Waals surface area (Å²) < 4.78 is 41.7. The van der Waals surface area contributed by atoms with E-state index in [2.05, 4.69) is 10.4 Å². The lowest BCUT2D eigenvalue weighted by atomic mass is 9.90. The first-order valence-electron chi connectivity index (χ1n) is 8.96. The van der Waals surface area contributed by atoms with Crippen molar-refractivity contribution in [2.75, 3.05) is 26.2 Å². The maximum atomic E-state index is 13.5. The summed E-state index contributed by atoms with van der Waals surface area (Å²) in [5.74, 6) is -0.346. The van der Waals surface area contributed by atoms with Gasteiger partial charge in [-0.05, 0) is 63.4 Å². The highest BCUT2D eigenvalue weighted by Gasteiger charge is 2.41. The molecule has 2 aromatic rings. The number of nitrogens with one attached hydrogen (secondary N) is 1. The molecule has 1 saturated heterocycles. The van der Waals surface area contributed by atoms with E-state index in [1.54, 1.807) is 19.9 Å². The quantitative estimate of drug-likeness (QED) is 0.901. The molecule has 3 rings (SSSR count). The van der Waals surface area contributed by atoms with Crippen LogP contribution >= 0.6 is 0 Å². The fraction of sp³-hybridized carbons (Fsp3) is 0.556. The van der Waals surface area contributed by atoms with Crippen LogP contribution in [0.15, 0.2) is 18.3 Å². The van der Waals surface area contributed by atoms with E-state index in [-0.39, 0.29) is 17.0 Å². The Bertz CT molecular complexity index is 790. The van der Waals surface area contributed by atoms with Crippen LogP contribution in [0, 0.1) is 0 Å². The summed E-state index contributed by atoms with van der Waals surface area (Å²) in [5.41, 5.74) is -0.277. The van der Waals surface area contributed by atoms with Crippen LogP contribution in [0.25, 0.3) is 5.52 Å². The van der Waals surface area contributed by atoms with Crippen LogP contribution in [-0.4, -0.2) is 46.6 Å².